The topological polar surface area (TPSA) is 49.4 Å². The van der Waals surface area contributed by atoms with Gasteiger partial charge in [-0.3, -0.25) is 9.59 Å². The molecule has 0 aromatic heterocycles. The van der Waals surface area contributed by atoms with Crippen molar-refractivity contribution in [1.29, 1.82) is 0 Å². The highest BCUT2D eigenvalue weighted by molar-refractivity contribution is 8.00. The first-order chi connectivity index (χ1) is 12.5. The Morgan fingerprint density at radius 2 is 1.73 bits per heavy atom. The number of nitrogens with one attached hydrogen (secondary N) is 1. The van der Waals surface area contributed by atoms with E-state index < -0.39 is 6.04 Å². The zero-order chi connectivity index (χ0) is 18.7. The molecule has 2 amide bonds. The van der Waals surface area contributed by atoms with Crippen LogP contribution in [-0.4, -0.2) is 28.5 Å². The highest BCUT2D eigenvalue weighted by atomic mass is 32.2. The van der Waals surface area contributed by atoms with Crippen LogP contribution in [0, 0.1) is 11.6 Å². The van der Waals surface area contributed by atoms with Crippen molar-refractivity contribution < 1.29 is 18.4 Å². The molecule has 2 aromatic carbocycles. The molecule has 1 N–H and O–H groups in total. The second-order valence-corrected chi connectivity index (χ2v) is 7.10. The van der Waals surface area contributed by atoms with E-state index in [0.29, 0.717) is 0 Å². The lowest BCUT2D eigenvalue weighted by atomic mass is 10.1. The lowest BCUT2D eigenvalue weighted by Crippen LogP contribution is -2.46. The predicted molar refractivity (Wildman–Crippen MR) is 96.2 cm³/mol. The molecule has 0 bridgehead atoms. The third-order valence-electron chi connectivity index (χ3n) is 4.24. The summed E-state index contributed by atoms with van der Waals surface area (Å²) in [5.74, 6) is -0.835. The molecule has 0 radical (unpaired) electrons. The van der Waals surface area contributed by atoms with Crippen molar-refractivity contribution in [2.45, 2.75) is 24.9 Å². The summed E-state index contributed by atoms with van der Waals surface area (Å²) >= 11 is 1.41. The lowest BCUT2D eigenvalue weighted by molar-refractivity contribution is -0.137. The Kier molecular flexibility index (Phi) is 5.56. The van der Waals surface area contributed by atoms with Crippen LogP contribution in [0.15, 0.2) is 48.5 Å². The van der Waals surface area contributed by atoms with Crippen LogP contribution in [0.2, 0.25) is 0 Å². The summed E-state index contributed by atoms with van der Waals surface area (Å²) in [5.41, 5.74) is 1.55. The van der Waals surface area contributed by atoms with Crippen molar-refractivity contribution in [2.24, 2.45) is 0 Å². The smallest absolute Gasteiger partial charge is 0.242 e. The molecule has 1 heterocycles. The van der Waals surface area contributed by atoms with E-state index >= 15 is 0 Å². The van der Waals surface area contributed by atoms with Gasteiger partial charge < -0.3 is 10.2 Å². The quantitative estimate of drug-likeness (QED) is 0.872. The molecular formula is C19H18F2N2O2S. The Balaban J connectivity index is 1.68. The van der Waals surface area contributed by atoms with Gasteiger partial charge >= 0.3 is 0 Å². The fraction of sp³-hybridized carbons (Fsp3) is 0.263. The van der Waals surface area contributed by atoms with Crippen molar-refractivity contribution in [2.75, 3.05) is 5.75 Å². The Morgan fingerprint density at radius 1 is 1.15 bits per heavy atom. The molecule has 26 heavy (non-hydrogen) atoms. The van der Waals surface area contributed by atoms with Crippen molar-refractivity contribution in [3.63, 3.8) is 0 Å². The van der Waals surface area contributed by atoms with Gasteiger partial charge in [-0.05, 0) is 42.3 Å². The van der Waals surface area contributed by atoms with Gasteiger partial charge in [0, 0.05) is 6.54 Å². The number of thioether (sulfide) groups is 1. The Bertz CT molecular complexity index is 796. The highest BCUT2D eigenvalue weighted by Crippen LogP contribution is 2.39. The normalized spacial score (nSPS) is 18.0. The summed E-state index contributed by atoms with van der Waals surface area (Å²) in [6, 6.07) is 11.1. The maximum Gasteiger partial charge on any atom is 0.242 e. The molecule has 0 aliphatic carbocycles. The largest absolute Gasteiger partial charge is 0.350 e. The molecule has 0 unspecified atom stereocenters. The molecule has 0 saturated carbocycles. The number of hydrogen-bond acceptors (Lipinski definition) is 3. The van der Waals surface area contributed by atoms with E-state index in [1.807, 2.05) is 0 Å². The van der Waals surface area contributed by atoms with E-state index in [-0.39, 0.29) is 41.1 Å². The lowest BCUT2D eigenvalue weighted by Gasteiger charge is -2.29. The van der Waals surface area contributed by atoms with Gasteiger partial charge in [0.1, 0.15) is 23.1 Å². The number of benzene rings is 2. The average Bonchev–Trinajstić information content (AvgIpc) is 3.02. The minimum Gasteiger partial charge on any atom is -0.350 e. The molecule has 1 aliphatic heterocycles. The van der Waals surface area contributed by atoms with Gasteiger partial charge in [-0.15, -0.1) is 11.8 Å². The van der Waals surface area contributed by atoms with Gasteiger partial charge in [0.2, 0.25) is 11.8 Å². The van der Waals surface area contributed by atoms with E-state index in [2.05, 4.69) is 5.32 Å². The van der Waals surface area contributed by atoms with Gasteiger partial charge in [0.15, 0.2) is 0 Å². The van der Waals surface area contributed by atoms with Crippen LogP contribution in [0.5, 0.6) is 0 Å². The molecule has 0 spiro atoms. The van der Waals surface area contributed by atoms with Crippen LogP contribution in [0.3, 0.4) is 0 Å². The van der Waals surface area contributed by atoms with Crippen molar-refractivity contribution in [1.82, 2.24) is 10.2 Å². The second-order valence-electron chi connectivity index (χ2n) is 6.04. The van der Waals surface area contributed by atoms with Gasteiger partial charge in [0.25, 0.3) is 0 Å². The van der Waals surface area contributed by atoms with Crippen LogP contribution in [-0.2, 0) is 16.1 Å². The van der Waals surface area contributed by atoms with Crippen LogP contribution in [0.1, 0.15) is 23.4 Å². The summed E-state index contributed by atoms with van der Waals surface area (Å²) in [6.07, 6.45) is 0. The van der Waals surface area contributed by atoms with Gasteiger partial charge in [-0.1, -0.05) is 24.3 Å². The zero-order valence-electron chi connectivity index (χ0n) is 14.1. The van der Waals surface area contributed by atoms with E-state index in [9.17, 15) is 18.4 Å². The van der Waals surface area contributed by atoms with Gasteiger partial charge in [-0.25, -0.2) is 8.78 Å². The Labute approximate surface area is 154 Å². The van der Waals surface area contributed by atoms with E-state index in [4.69, 9.17) is 0 Å². The van der Waals surface area contributed by atoms with Crippen LogP contribution >= 0.6 is 11.8 Å². The van der Waals surface area contributed by atoms with E-state index in [1.165, 1.54) is 40.9 Å². The molecule has 4 nitrogen and oxygen atoms in total. The third-order valence-corrected chi connectivity index (χ3v) is 5.47. The molecule has 1 fully saturated rings. The van der Waals surface area contributed by atoms with Crippen LogP contribution in [0.25, 0.3) is 0 Å². The summed E-state index contributed by atoms with van der Waals surface area (Å²) in [7, 11) is 0. The Morgan fingerprint density at radius 3 is 2.35 bits per heavy atom. The first-order valence-corrected chi connectivity index (χ1v) is 9.21. The van der Waals surface area contributed by atoms with E-state index in [0.717, 1.165) is 11.1 Å². The summed E-state index contributed by atoms with van der Waals surface area (Å²) < 4.78 is 26.1. The molecule has 1 aliphatic rings. The standard InChI is InChI=1S/C19H18F2N2O2S/c1-12(18(25)22-10-13-2-6-15(20)7-3-13)23-17(24)11-26-19(23)14-4-8-16(21)9-5-14/h2-9,12,19H,10-11H2,1H3,(H,22,25)/t12-,19+/m0/s1. The first-order valence-electron chi connectivity index (χ1n) is 8.16. The molecule has 3 rings (SSSR count). The number of carbonyl (C=O) groups is 2. The van der Waals surface area contributed by atoms with Crippen LogP contribution in [0.4, 0.5) is 8.78 Å². The highest BCUT2D eigenvalue weighted by Gasteiger charge is 2.38. The van der Waals surface area contributed by atoms with Crippen molar-refractivity contribution >= 4 is 23.6 Å². The van der Waals surface area contributed by atoms with Crippen molar-refractivity contribution in [3.8, 4) is 0 Å². The van der Waals surface area contributed by atoms with Crippen LogP contribution < -0.4 is 5.32 Å². The molecular weight excluding hydrogens is 358 g/mol. The number of carbonyl (C=O) groups excluding carboxylic acids is 2. The second kappa shape index (κ2) is 7.86. The number of nitrogens with zero attached hydrogens (tertiary/aromatic N) is 1. The molecule has 7 heteroatoms. The minimum absolute atomic E-state index is 0.131. The van der Waals surface area contributed by atoms with E-state index in [1.54, 1.807) is 31.2 Å². The predicted octanol–water partition coefficient (Wildman–Crippen LogP) is 3.24. The number of hydrogen-bond donors (Lipinski definition) is 1. The minimum atomic E-state index is -0.673. The summed E-state index contributed by atoms with van der Waals surface area (Å²) in [4.78, 5) is 26.3. The maximum atomic E-state index is 13.1. The summed E-state index contributed by atoms with van der Waals surface area (Å²) in [5, 5.41) is 2.45. The molecule has 2 aromatic rings. The molecule has 136 valence electrons. The number of amides is 2. The fourth-order valence-electron chi connectivity index (χ4n) is 2.80. The number of rotatable bonds is 5. The fourth-order valence-corrected chi connectivity index (χ4v) is 4.06. The third kappa shape index (κ3) is 4.04. The Hall–Kier alpha value is -2.41. The number of halogens is 2. The summed E-state index contributed by atoms with van der Waals surface area (Å²) in [6.45, 7) is 1.92. The SMILES string of the molecule is C[C@@H](C(=O)NCc1ccc(F)cc1)N1C(=O)CS[C@@H]1c1ccc(F)cc1. The molecule has 2 atom stereocenters. The average molecular weight is 376 g/mol. The van der Waals surface area contributed by atoms with Crippen molar-refractivity contribution in [3.05, 3.63) is 71.3 Å². The van der Waals surface area contributed by atoms with Gasteiger partial charge in [0.05, 0.1) is 5.75 Å². The van der Waals surface area contributed by atoms with Gasteiger partial charge in [-0.2, -0.15) is 0 Å². The monoisotopic (exact) mass is 376 g/mol. The maximum absolute atomic E-state index is 13.1. The first kappa shape index (κ1) is 18.4. The zero-order valence-corrected chi connectivity index (χ0v) is 14.9. The molecule has 1 saturated heterocycles.